The molecule has 0 aliphatic heterocycles. The third kappa shape index (κ3) is 6.89. The van der Waals surface area contributed by atoms with Crippen molar-refractivity contribution in [1.82, 2.24) is 10.7 Å². The number of benzene rings is 2. The maximum Gasteiger partial charge on any atom is 0.262 e. The Morgan fingerprint density at radius 3 is 2.40 bits per heavy atom. The standard InChI is InChI=1S/C21H23ClN4O4/c1-13(2)19(25-20(28)16-5-3-4-6-17(16)22)21(29)26-24-11-14-7-9-15(10-8-14)30-12-18(23)27/h3-11,13,19H,12H2,1-2H3,(H2,23,27)(H,25,28)(H,26,29). The Morgan fingerprint density at radius 1 is 1.13 bits per heavy atom. The predicted molar refractivity (Wildman–Crippen MR) is 114 cm³/mol. The number of hydrazone groups is 1. The van der Waals surface area contributed by atoms with E-state index in [1.807, 2.05) is 13.8 Å². The first kappa shape index (κ1) is 22.9. The van der Waals surface area contributed by atoms with Crippen LogP contribution in [0.15, 0.2) is 53.6 Å². The molecule has 0 heterocycles. The molecule has 158 valence electrons. The van der Waals surface area contributed by atoms with Crippen LogP contribution in [0.4, 0.5) is 0 Å². The van der Waals surface area contributed by atoms with Gasteiger partial charge in [-0.25, -0.2) is 5.43 Å². The van der Waals surface area contributed by atoms with Crippen molar-refractivity contribution >= 4 is 35.5 Å². The molecule has 0 saturated heterocycles. The molecular formula is C21H23ClN4O4. The summed E-state index contributed by atoms with van der Waals surface area (Å²) in [4.78, 5) is 35.7. The molecule has 9 heteroatoms. The number of primary amides is 1. The molecular weight excluding hydrogens is 408 g/mol. The molecule has 30 heavy (non-hydrogen) atoms. The number of carbonyl (C=O) groups excluding carboxylic acids is 3. The normalized spacial score (nSPS) is 11.9. The summed E-state index contributed by atoms with van der Waals surface area (Å²) >= 11 is 6.04. The minimum atomic E-state index is -0.796. The minimum absolute atomic E-state index is 0.173. The zero-order chi connectivity index (χ0) is 22.1. The van der Waals surface area contributed by atoms with E-state index in [9.17, 15) is 14.4 Å². The maximum absolute atomic E-state index is 12.5. The monoisotopic (exact) mass is 430 g/mol. The number of amides is 3. The van der Waals surface area contributed by atoms with Crippen LogP contribution < -0.4 is 21.2 Å². The van der Waals surface area contributed by atoms with Gasteiger partial charge in [0.2, 0.25) is 0 Å². The molecule has 0 radical (unpaired) electrons. The summed E-state index contributed by atoms with van der Waals surface area (Å²) in [6, 6.07) is 12.5. The number of nitrogens with zero attached hydrogens (tertiary/aromatic N) is 1. The van der Waals surface area contributed by atoms with Crippen LogP contribution in [0, 0.1) is 5.92 Å². The molecule has 2 aromatic carbocycles. The zero-order valence-corrected chi connectivity index (χ0v) is 17.3. The average molecular weight is 431 g/mol. The Bertz CT molecular complexity index is 929. The Balaban J connectivity index is 1.95. The highest BCUT2D eigenvalue weighted by Crippen LogP contribution is 2.15. The third-order valence-corrected chi connectivity index (χ3v) is 4.33. The van der Waals surface area contributed by atoms with Crippen molar-refractivity contribution in [2.24, 2.45) is 16.8 Å². The molecule has 8 nitrogen and oxygen atoms in total. The van der Waals surface area contributed by atoms with Gasteiger partial charge in [-0.1, -0.05) is 37.6 Å². The van der Waals surface area contributed by atoms with Crippen LogP contribution in [0.2, 0.25) is 5.02 Å². The fourth-order valence-electron chi connectivity index (χ4n) is 2.44. The molecule has 0 spiro atoms. The van der Waals surface area contributed by atoms with Crippen molar-refractivity contribution in [3.63, 3.8) is 0 Å². The van der Waals surface area contributed by atoms with E-state index in [0.717, 1.165) is 0 Å². The molecule has 0 aliphatic rings. The van der Waals surface area contributed by atoms with Crippen LogP contribution >= 0.6 is 11.6 Å². The van der Waals surface area contributed by atoms with Gasteiger partial charge in [-0.05, 0) is 47.9 Å². The summed E-state index contributed by atoms with van der Waals surface area (Å²) in [7, 11) is 0. The number of rotatable bonds is 9. The van der Waals surface area contributed by atoms with Crippen molar-refractivity contribution in [3.05, 3.63) is 64.7 Å². The van der Waals surface area contributed by atoms with Gasteiger partial charge in [0, 0.05) is 0 Å². The van der Waals surface area contributed by atoms with Crippen molar-refractivity contribution in [2.45, 2.75) is 19.9 Å². The molecule has 1 atom stereocenters. The van der Waals surface area contributed by atoms with Gasteiger partial charge >= 0.3 is 0 Å². The van der Waals surface area contributed by atoms with Gasteiger partial charge in [0.15, 0.2) is 6.61 Å². The molecule has 0 aliphatic carbocycles. The van der Waals surface area contributed by atoms with Gasteiger partial charge in [0.25, 0.3) is 17.7 Å². The lowest BCUT2D eigenvalue weighted by Gasteiger charge is -2.20. The second kappa shape index (κ2) is 11.0. The quantitative estimate of drug-likeness (QED) is 0.416. The first-order valence-corrected chi connectivity index (χ1v) is 9.55. The lowest BCUT2D eigenvalue weighted by atomic mass is 10.0. The highest BCUT2D eigenvalue weighted by atomic mass is 35.5. The summed E-state index contributed by atoms with van der Waals surface area (Å²) in [5, 5.41) is 6.92. The number of carbonyl (C=O) groups is 3. The van der Waals surface area contributed by atoms with Gasteiger partial charge in [-0.2, -0.15) is 5.10 Å². The molecule has 0 bridgehead atoms. The molecule has 0 saturated carbocycles. The van der Waals surface area contributed by atoms with Crippen LogP contribution in [0.25, 0.3) is 0 Å². The van der Waals surface area contributed by atoms with Crippen LogP contribution in [-0.2, 0) is 9.59 Å². The Kier molecular flexibility index (Phi) is 8.37. The molecule has 1 unspecified atom stereocenters. The van der Waals surface area contributed by atoms with E-state index in [1.54, 1.807) is 48.5 Å². The average Bonchev–Trinajstić information content (AvgIpc) is 2.71. The number of halogens is 1. The topological polar surface area (TPSA) is 123 Å². The van der Waals surface area contributed by atoms with Crippen LogP contribution in [0.5, 0.6) is 5.75 Å². The first-order chi connectivity index (χ1) is 14.3. The van der Waals surface area contributed by atoms with E-state index >= 15 is 0 Å². The maximum atomic E-state index is 12.5. The van der Waals surface area contributed by atoms with Gasteiger partial charge in [-0.15, -0.1) is 0 Å². The molecule has 3 amide bonds. The number of nitrogens with two attached hydrogens (primary N) is 1. The van der Waals surface area contributed by atoms with Crippen LogP contribution in [0.1, 0.15) is 29.8 Å². The van der Waals surface area contributed by atoms with Crippen molar-refractivity contribution < 1.29 is 19.1 Å². The molecule has 2 rings (SSSR count). The zero-order valence-electron chi connectivity index (χ0n) is 16.6. The fourth-order valence-corrected chi connectivity index (χ4v) is 2.67. The Hall–Kier alpha value is -3.39. The Labute approximate surface area is 179 Å². The van der Waals surface area contributed by atoms with E-state index < -0.39 is 23.8 Å². The second-order valence-electron chi connectivity index (χ2n) is 6.73. The van der Waals surface area contributed by atoms with Crippen LogP contribution in [-0.4, -0.2) is 36.6 Å². The Morgan fingerprint density at radius 2 is 1.80 bits per heavy atom. The van der Waals surface area contributed by atoms with Gasteiger partial charge in [0.1, 0.15) is 11.8 Å². The number of hydrogen-bond donors (Lipinski definition) is 3. The largest absolute Gasteiger partial charge is 0.484 e. The van der Waals surface area contributed by atoms with Crippen molar-refractivity contribution in [1.29, 1.82) is 0 Å². The van der Waals surface area contributed by atoms with Crippen molar-refractivity contribution in [3.8, 4) is 5.75 Å². The van der Waals surface area contributed by atoms with E-state index in [2.05, 4.69) is 15.8 Å². The molecule has 4 N–H and O–H groups in total. The van der Waals surface area contributed by atoms with E-state index in [-0.39, 0.29) is 12.5 Å². The van der Waals surface area contributed by atoms with E-state index in [1.165, 1.54) is 6.21 Å². The lowest BCUT2D eigenvalue weighted by molar-refractivity contribution is -0.124. The van der Waals surface area contributed by atoms with Gasteiger partial charge in [0.05, 0.1) is 16.8 Å². The van der Waals surface area contributed by atoms with E-state index in [0.29, 0.717) is 21.9 Å². The summed E-state index contributed by atoms with van der Waals surface area (Å²) in [6.07, 6.45) is 1.45. The second-order valence-corrected chi connectivity index (χ2v) is 7.14. The summed E-state index contributed by atoms with van der Waals surface area (Å²) in [5.41, 5.74) is 8.44. The van der Waals surface area contributed by atoms with Gasteiger partial charge in [-0.3, -0.25) is 14.4 Å². The van der Waals surface area contributed by atoms with Gasteiger partial charge < -0.3 is 15.8 Å². The summed E-state index contributed by atoms with van der Waals surface area (Å²) in [6.45, 7) is 3.41. The lowest BCUT2D eigenvalue weighted by Crippen LogP contribution is -2.48. The first-order valence-electron chi connectivity index (χ1n) is 9.17. The molecule has 0 fully saturated rings. The molecule has 2 aromatic rings. The summed E-state index contributed by atoms with van der Waals surface area (Å²) < 4.78 is 5.17. The minimum Gasteiger partial charge on any atom is -0.484 e. The number of ether oxygens (including phenoxy) is 1. The van der Waals surface area contributed by atoms with Crippen LogP contribution in [0.3, 0.4) is 0 Å². The highest BCUT2D eigenvalue weighted by Gasteiger charge is 2.25. The molecule has 0 aromatic heterocycles. The van der Waals surface area contributed by atoms with Crippen molar-refractivity contribution in [2.75, 3.05) is 6.61 Å². The smallest absolute Gasteiger partial charge is 0.262 e. The predicted octanol–water partition coefficient (Wildman–Crippen LogP) is 2.11. The van der Waals surface area contributed by atoms with E-state index in [4.69, 9.17) is 22.1 Å². The SMILES string of the molecule is CC(C)C(NC(=O)c1ccccc1Cl)C(=O)NN=Cc1ccc(OCC(N)=O)cc1. The highest BCUT2D eigenvalue weighted by molar-refractivity contribution is 6.33. The number of hydrogen-bond acceptors (Lipinski definition) is 5. The third-order valence-electron chi connectivity index (χ3n) is 4.00. The number of nitrogens with one attached hydrogen (secondary N) is 2. The fraction of sp³-hybridized carbons (Fsp3) is 0.238. The summed E-state index contributed by atoms with van der Waals surface area (Å²) in [5.74, 6) is -1.15.